The molecular weight excluding hydrogens is 326 g/mol. The number of para-hydroxylation sites is 3. The molecule has 1 aliphatic rings. The third-order valence-electron chi connectivity index (χ3n) is 5.16. The van der Waals surface area contributed by atoms with Gasteiger partial charge in [0.15, 0.2) is 11.5 Å². The average molecular weight is 349 g/mol. The highest BCUT2D eigenvalue weighted by molar-refractivity contribution is 5.94. The lowest BCUT2D eigenvalue weighted by atomic mass is 9.95. The topological polar surface area (TPSA) is 58.4 Å². The molecule has 1 amide bonds. The van der Waals surface area contributed by atoms with Crippen molar-refractivity contribution >= 4 is 22.7 Å². The van der Waals surface area contributed by atoms with Crippen LogP contribution < -0.4 is 5.32 Å². The lowest BCUT2D eigenvalue weighted by molar-refractivity contribution is -0.121. The molecule has 3 aromatic rings. The monoisotopic (exact) mass is 349 g/mol. The predicted octanol–water partition coefficient (Wildman–Crippen LogP) is 4.03. The van der Waals surface area contributed by atoms with Crippen molar-refractivity contribution in [2.45, 2.75) is 31.7 Å². The standard InChI is InChI=1S/C21H23N3O2/c1-15(20(25)22-17-7-3-2-4-8-17)24-13-11-16(12-14-24)21-23-18-9-5-6-10-19(18)26-21/h2-10,15-16H,11-14H2,1H3,(H,22,25). The molecule has 1 unspecified atom stereocenters. The number of benzene rings is 2. The average Bonchev–Trinajstić information content (AvgIpc) is 3.12. The number of aromatic nitrogens is 1. The predicted molar refractivity (Wildman–Crippen MR) is 102 cm³/mol. The summed E-state index contributed by atoms with van der Waals surface area (Å²) in [6, 6.07) is 17.3. The van der Waals surface area contributed by atoms with Crippen molar-refractivity contribution in [1.82, 2.24) is 9.88 Å². The first-order chi connectivity index (χ1) is 12.7. The van der Waals surface area contributed by atoms with Crippen LogP contribution in [0.25, 0.3) is 11.1 Å². The number of amides is 1. The van der Waals surface area contributed by atoms with Gasteiger partial charge in [-0.25, -0.2) is 4.98 Å². The van der Waals surface area contributed by atoms with Crippen molar-refractivity contribution in [3.05, 3.63) is 60.5 Å². The van der Waals surface area contributed by atoms with Gasteiger partial charge in [-0.05, 0) is 57.1 Å². The van der Waals surface area contributed by atoms with Gasteiger partial charge in [-0.15, -0.1) is 0 Å². The fourth-order valence-electron chi connectivity index (χ4n) is 3.53. The Morgan fingerprint density at radius 3 is 2.54 bits per heavy atom. The molecule has 4 rings (SSSR count). The number of nitrogens with one attached hydrogen (secondary N) is 1. The molecule has 26 heavy (non-hydrogen) atoms. The number of carbonyl (C=O) groups excluding carboxylic acids is 1. The van der Waals surface area contributed by atoms with E-state index in [4.69, 9.17) is 4.42 Å². The van der Waals surface area contributed by atoms with Crippen LogP contribution in [0.1, 0.15) is 31.6 Å². The summed E-state index contributed by atoms with van der Waals surface area (Å²) >= 11 is 0. The Morgan fingerprint density at radius 2 is 1.81 bits per heavy atom. The second-order valence-corrected chi connectivity index (χ2v) is 6.86. The van der Waals surface area contributed by atoms with Crippen molar-refractivity contribution in [2.75, 3.05) is 18.4 Å². The van der Waals surface area contributed by atoms with E-state index in [9.17, 15) is 4.79 Å². The van der Waals surface area contributed by atoms with Gasteiger partial charge in [0, 0.05) is 11.6 Å². The molecule has 2 aromatic carbocycles. The quantitative estimate of drug-likeness (QED) is 0.772. The van der Waals surface area contributed by atoms with E-state index in [1.165, 1.54) is 0 Å². The molecule has 5 heteroatoms. The van der Waals surface area contributed by atoms with Crippen LogP contribution in [0.5, 0.6) is 0 Å². The molecule has 1 saturated heterocycles. The highest BCUT2D eigenvalue weighted by Gasteiger charge is 2.29. The van der Waals surface area contributed by atoms with Crippen molar-refractivity contribution in [3.8, 4) is 0 Å². The number of oxazole rings is 1. The number of hydrogen-bond donors (Lipinski definition) is 1. The number of piperidine rings is 1. The van der Waals surface area contributed by atoms with Gasteiger partial charge in [0.25, 0.3) is 0 Å². The van der Waals surface area contributed by atoms with Crippen LogP contribution in [-0.2, 0) is 4.79 Å². The number of carbonyl (C=O) groups is 1. The normalized spacial score (nSPS) is 17.3. The van der Waals surface area contributed by atoms with Crippen LogP contribution in [-0.4, -0.2) is 34.9 Å². The van der Waals surface area contributed by atoms with Crippen LogP contribution in [0.3, 0.4) is 0 Å². The molecule has 1 fully saturated rings. The zero-order valence-corrected chi connectivity index (χ0v) is 14.9. The first-order valence-corrected chi connectivity index (χ1v) is 9.16. The summed E-state index contributed by atoms with van der Waals surface area (Å²) in [5, 5.41) is 2.99. The van der Waals surface area contributed by atoms with E-state index >= 15 is 0 Å². The summed E-state index contributed by atoms with van der Waals surface area (Å²) in [5.41, 5.74) is 2.60. The molecule has 1 N–H and O–H groups in total. The van der Waals surface area contributed by atoms with Crippen molar-refractivity contribution in [2.24, 2.45) is 0 Å². The number of hydrogen-bond acceptors (Lipinski definition) is 4. The second-order valence-electron chi connectivity index (χ2n) is 6.86. The van der Waals surface area contributed by atoms with E-state index in [-0.39, 0.29) is 11.9 Å². The fraction of sp³-hybridized carbons (Fsp3) is 0.333. The Bertz CT molecular complexity index is 849. The smallest absolute Gasteiger partial charge is 0.241 e. The minimum absolute atomic E-state index is 0.0384. The number of rotatable bonds is 4. The SMILES string of the molecule is CC(C(=O)Nc1ccccc1)N1CCC(c2nc3ccccc3o2)CC1. The third kappa shape index (κ3) is 3.48. The van der Waals surface area contributed by atoms with Crippen LogP contribution in [0.15, 0.2) is 59.0 Å². The highest BCUT2D eigenvalue weighted by Crippen LogP contribution is 2.30. The van der Waals surface area contributed by atoms with Gasteiger partial charge >= 0.3 is 0 Å². The molecular formula is C21H23N3O2. The Hall–Kier alpha value is -2.66. The second kappa shape index (κ2) is 7.30. The fourth-order valence-corrected chi connectivity index (χ4v) is 3.53. The van der Waals surface area contributed by atoms with Crippen molar-refractivity contribution in [1.29, 1.82) is 0 Å². The van der Waals surface area contributed by atoms with E-state index in [0.717, 1.165) is 48.6 Å². The first kappa shape index (κ1) is 16.8. The Kier molecular flexibility index (Phi) is 4.71. The number of anilines is 1. The largest absolute Gasteiger partial charge is 0.440 e. The van der Waals surface area contributed by atoms with Gasteiger partial charge in [0.1, 0.15) is 5.52 Å². The zero-order chi connectivity index (χ0) is 17.9. The maximum atomic E-state index is 12.5. The molecule has 0 aliphatic carbocycles. The van der Waals surface area contributed by atoms with E-state index < -0.39 is 0 Å². The minimum atomic E-state index is -0.153. The van der Waals surface area contributed by atoms with Gasteiger partial charge in [0.2, 0.25) is 5.91 Å². The molecule has 1 aliphatic heterocycles. The van der Waals surface area contributed by atoms with Crippen LogP contribution >= 0.6 is 0 Å². The molecule has 5 nitrogen and oxygen atoms in total. The number of fused-ring (bicyclic) bond motifs is 1. The number of nitrogens with zero attached hydrogens (tertiary/aromatic N) is 2. The lowest BCUT2D eigenvalue weighted by Crippen LogP contribution is -2.45. The van der Waals surface area contributed by atoms with E-state index in [1.54, 1.807) is 0 Å². The van der Waals surface area contributed by atoms with Crippen LogP contribution in [0.2, 0.25) is 0 Å². The summed E-state index contributed by atoms with van der Waals surface area (Å²) in [6.07, 6.45) is 1.91. The van der Waals surface area contributed by atoms with E-state index in [2.05, 4.69) is 15.2 Å². The molecule has 1 aromatic heterocycles. The van der Waals surface area contributed by atoms with Crippen molar-refractivity contribution < 1.29 is 9.21 Å². The molecule has 0 saturated carbocycles. The summed E-state index contributed by atoms with van der Waals surface area (Å²) < 4.78 is 5.92. The maximum absolute atomic E-state index is 12.5. The van der Waals surface area contributed by atoms with Crippen molar-refractivity contribution in [3.63, 3.8) is 0 Å². The minimum Gasteiger partial charge on any atom is -0.440 e. The maximum Gasteiger partial charge on any atom is 0.241 e. The lowest BCUT2D eigenvalue weighted by Gasteiger charge is -2.34. The van der Waals surface area contributed by atoms with Crippen LogP contribution in [0.4, 0.5) is 5.69 Å². The zero-order valence-electron chi connectivity index (χ0n) is 14.9. The van der Waals surface area contributed by atoms with E-state index in [0.29, 0.717) is 5.92 Å². The van der Waals surface area contributed by atoms with Gasteiger partial charge in [0.05, 0.1) is 6.04 Å². The van der Waals surface area contributed by atoms with Gasteiger partial charge in [-0.3, -0.25) is 9.69 Å². The molecule has 2 heterocycles. The Balaban J connectivity index is 1.36. The molecule has 1 atom stereocenters. The van der Waals surface area contributed by atoms with Gasteiger partial charge in [-0.1, -0.05) is 30.3 Å². The summed E-state index contributed by atoms with van der Waals surface area (Å²) in [4.78, 5) is 19.4. The Labute approximate surface area is 153 Å². The van der Waals surface area contributed by atoms with Crippen LogP contribution in [0, 0.1) is 0 Å². The molecule has 134 valence electrons. The first-order valence-electron chi connectivity index (χ1n) is 9.16. The molecule has 0 radical (unpaired) electrons. The number of likely N-dealkylation sites (tertiary alicyclic amines) is 1. The van der Waals surface area contributed by atoms with Gasteiger partial charge in [-0.2, -0.15) is 0 Å². The Morgan fingerprint density at radius 1 is 1.12 bits per heavy atom. The molecule has 0 spiro atoms. The summed E-state index contributed by atoms with van der Waals surface area (Å²) in [7, 11) is 0. The van der Waals surface area contributed by atoms with Gasteiger partial charge < -0.3 is 9.73 Å². The van der Waals surface area contributed by atoms with E-state index in [1.807, 2.05) is 61.5 Å². The summed E-state index contributed by atoms with van der Waals surface area (Å²) in [5.74, 6) is 1.19. The highest BCUT2D eigenvalue weighted by atomic mass is 16.3. The summed E-state index contributed by atoms with van der Waals surface area (Å²) in [6.45, 7) is 3.71. The molecule has 0 bridgehead atoms. The third-order valence-corrected chi connectivity index (χ3v) is 5.16.